The van der Waals surface area contributed by atoms with Crippen molar-refractivity contribution < 1.29 is 4.79 Å². The van der Waals surface area contributed by atoms with Crippen molar-refractivity contribution in [2.45, 2.75) is 20.4 Å². The first kappa shape index (κ1) is 15.9. The van der Waals surface area contributed by atoms with Crippen molar-refractivity contribution in [2.24, 2.45) is 0 Å². The Morgan fingerprint density at radius 1 is 1.12 bits per heavy atom. The number of nitrogens with zero attached hydrogens (tertiary/aromatic N) is 5. The van der Waals surface area contributed by atoms with Crippen LogP contribution in [0.1, 0.15) is 27.3 Å². The SMILES string of the molecule is Cc1cc(C)cc(C(=O)NCc2nnc3ccc(N(C)C)nn23)c1. The molecule has 0 bridgehead atoms. The molecule has 0 atom stereocenters. The number of rotatable bonds is 4. The molecule has 2 aromatic heterocycles. The van der Waals surface area contributed by atoms with Crippen LogP contribution in [0.4, 0.5) is 5.82 Å². The smallest absolute Gasteiger partial charge is 0.251 e. The van der Waals surface area contributed by atoms with Gasteiger partial charge in [0, 0.05) is 19.7 Å². The molecule has 0 aliphatic heterocycles. The minimum absolute atomic E-state index is 0.137. The molecule has 3 rings (SSSR count). The van der Waals surface area contributed by atoms with Gasteiger partial charge in [-0.2, -0.15) is 4.52 Å². The minimum Gasteiger partial charge on any atom is -0.361 e. The standard InChI is InChI=1S/C17H20N6O/c1-11-7-12(2)9-13(8-11)17(24)18-10-16-20-19-14-5-6-15(22(3)4)21-23(14)16/h5-9H,10H2,1-4H3,(H,18,24). The lowest BCUT2D eigenvalue weighted by atomic mass is 10.1. The van der Waals surface area contributed by atoms with Crippen LogP contribution >= 0.6 is 0 Å². The number of carbonyl (C=O) groups is 1. The second kappa shape index (κ2) is 6.27. The van der Waals surface area contributed by atoms with Crippen molar-refractivity contribution in [1.82, 2.24) is 25.1 Å². The molecule has 0 aliphatic rings. The number of hydrogen-bond acceptors (Lipinski definition) is 5. The number of benzene rings is 1. The molecule has 1 N–H and O–H groups in total. The van der Waals surface area contributed by atoms with E-state index >= 15 is 0 Å². The average Bonchev–Trinajstić information content (AvgIpc) is 2.93. The number of fused-ring (bicyclic) bond motifs is 1. The van der Waals surface area contributed by atoms with E-state index in [2.05, 4.69) is 20.6 Å². The summed E-state index contributed by atoms with van der Waals surface area (Å²) in [5.74, 6) is 1.25. The van der Waals surface area contributed by atoms with E-state index in [1.165, 1.54) is 0 Å². The zero-order chi connectivity index (χ0) is 17.3. The van der Waals surface area contributed by atoms with E-state index in [0.29, 0.717) is 17.0 Å². The molecule has 124 valence electrons. The first-order valence-corrected chi connectivity index (χ1v) is 7.69. The summed E-state index contributed by atoms with van der Waals surface area (Å²) in [7, 11) is 3.83. The predicted molar refractivity (Wildman–Crippen MR) is 92.2 cm³/mol. The van der Waals surface area contributed by atoms with Crippen molar-refractivity contribution in [3.63, 3.8) is 0 Å². The molecular formula is C17H20N6O. The summed E-state index contributed by atoms with van der Waals surface area (Å²) in [6.07, 6.45) is 0. The number of hydrogen-bond donors (Lipinski definition) is 1. The van der Waals surface area contributed by atoms with Gasteiger partial charge < -0.3 is 10.2 Å². The molecule has 7 heteroatoms. The highest BCUT2D eigenvalue weighted by Crippen LogP contribution is 2.11. The van der Waals surface area contributed by atoms with E-state index in [1.807, 2.05) is 63.2 Å². The Morgan fingerprint density at radius 3 is 2.50 bits per heavy atom. The van der Waals surface area contributed by atoms with Gasteiger partial charge in [-0.15, -0.1) is 15.3 Å². The third-order valence-corrected chi connectivity index (χ3v) is 3.66. The van der Waals surface area contributed by atoms with Crippen molar-refractivity contribution in [3.05, 3.63) is 52.8 Å². The zero-order valence-electron chi connectivity index (χ0n) is 14.2. The van der Waals surface area contributed by atoms with Gasteiger partial charge in [0.15, 0.2) is 11.5 Å². The van der Waals surface area contributed by atoms with Crippen molar-refractivity contribution >= 4 is 17.4 Å². The Kier molecular flexibility index (Phi) is 4.16. The Balaban J connectivity index is 1.80. The van der Waals surface area contributed by atoms with Crippen LogP contribution < -0.4 is 10.2 Å². The number of carbonyl (C=O) groups excluding carboxylic acids is 1. The third kappa shape index (κ3) is 3.19. The van der Waals surface area contributed by atoms with Crippen LogP contribution in [0.2, 0.25) is 0 Å². The van der Waals surface area contributed by atoms with Crippen LogP contribution in [0.3, 0.4) is 0 Å². The van der Waals surface area contributed by atoms with Gasteiger partial charge in [-0.1, -0.05) is 17.2 Å². The van der Waals surface area contributed by atoms with E-state index in [1.54, 1.807) is 4.52 Å². The van der Waals surface area contributed by atoms with E-state index < -0.39 is 0 Å². The Hall–Kier alpha value is -2.96. The number of anilines is 1. The second-order valence-corrected chi connectivity index (χ2v) is 6.03. The van der Waals surface area contributed by atoms with Gasteiger partial charge in [0.25, 0.3) is 5.91 Å². The van der Waals surface area contributed by atoms with E-state index in [9.17, 15) is 4.79 Å². The topological polar surface area (TPSA) is 75.4 Å². The molecule has 0 saturated carbocycles. The van der Waals surface area contributed by atoms with Crippen molar-refractivity contribution in [1.29, 1.82) is 0 Å². The fourth-order valence-electron chi connectivity index (χ4n) is 2.54. The molecule has 1 aromatic carbocycles. The summed E-state index contributed by atoms with van der Waals surface area (Å²) in [5.41, 5.74) is 3.41. The van der Waals surface area contributed by atoms with Crippen LogP contribution in [-0.2, 0) is 6.54 Å². The fourth-order valence-corrected chi connectivity index (χ4v) is 2.54. The van der Waals surface area contributed by atoms with Gasteiger partial charge in [0.2, 0.25) is 0 Å². The maximum absolute atomic E-state index is 12.4. The number of aromatic nitrogens is 4. The largest absolute Gasteiger partial charge is 0.361 e. The molecule has 0 unspecified atom stereocenters. The normalized spacial score (nSPS) is 10.8. The number of amides is 1. The Bertz CT molecular complexity index is 879. The van der Waals surface area contributed by atoms with Gasteiger partial charge in [-0.05, 0) is 38.1 Å². The first-order valence-electron chi connectivity index (χ1n) is 7.69. The molecule has 0 fully saturated rings. The maximum Gasteiger partial charge on any atom is 0.251 e. The van der Waals surface area contributed by atoms with Crippen LogP contribution in [-0.4, -0.2) is 39.8 Å². The van der Waals surface area contributed by atoms with Gasteiger partial charge in [0.1, 0.15) is 5.82 Å². The minimum atomic E-state index is -0.137. The molecule has 0 spiro atoms. The molecule has 3 aromatic rings. The highest BCUT2D eigenvalue weighted by atomic mass is 16.1. The molecule has 0 radical (unpaired) electrons. The summed E-state index contributed by atoms with van der Waals surface area (Å²) < 4.78 is 1.65. The molecule has 24 heavy (non-hydrogen) atoms. The van der Waals surface area contributed by atoms with Crippen LogP contribution in [0.5, 0.6) is 0 Å². The highest BCUT2D eigenvalue weighted by molar-refractivity contribution is 5.94. The molecule has 2 heterocycles. The van der Waals surface area contributed by atoms with Gasteiger partial charge in [-0.3, -0.25) is 4.79 Å². The van der Waals surface area contributed by atoms with Gasteiger partial charge in [0.05, 0.1) is 6.54 Å². The monoisotopic (exact) mass is 324 g/mol. The molecule has 7 nitrogen and oxygen atoms in total. The molecule has 1 amide bonds. The quantitative estimate of drug-likeness (QED) is 0.791. The summed E-state index contributed by atoms with van der Waals surface area (Å²) >= 11 is 0. The van der Waals surface area contributed by atoms with Crippen molar-refractivity contribution in [2.75, 3.05) is 19.0 Å². The Morgan fingerprint density at radius 2 is 1.83 bits per heavy atom. The molecular weight excluding hydrogens is 304 g/mol. The van der Waals surface area contributed by atoms with Gasteiger partial charge >= 0.3 is 0 Å². The zero-order valence-corrected chi connectivity index (χ0v) is 14.2. The molecule has 0 saturated heterocycles. The lowest BCUT2D eigenvalue weighted by molar-refractivity contribution is 0.0949. The van der Waals surface area contributed by atoms with Crippen molar-refractivity contribution in [3.8, 4) is 0 Å². The summed E-state index contributed by atoms with van der Waals surface area (Å²) in [6, 6.07) is 9.50. The summed E-state index contributed by atoms with van der Waals surface area (Å²) in [4.78, 5) is 14.3. The summed E-state index contributed by atoms with van der Waals surface area (Å²) in [5, 5.41) is 15.6. The first-order chi connectivity index (χ1) is 11.4. The van der Waals surface area contributed by atoms with E-state index in [-0.39, 0.29) is 12.5 Å². The average molecular weight is 324 g/mol. The fraction of sp³-hybridized carbons (Fsp3) is 0.294. The maximum atomic E-state index is 12.4. The third-order valence-electron chi connectivity index (χ3n) is 3.66. The van der Waals surface area contributed by atoms with E-state index in [4.69, 9.17) is 0 Å². The lowest BCUT2D eigenvalue weighted by Gasteiger charge is -2.11. The lowest BCUT2D eigenvalue weighted by Crippen LogP contribution is -2.24. The highest BCUT2D eigenvalue weighted by Gasteiger charge is 2.11. The second-order valence-electron chi connectivity index (χ2n) is 6.03. The number of nitrogens with one attached hydrogen (secondary N) is 1. The Labute approximate surface area is 140 Å². The van der Waals surface area contributed by atoms with Gasteiger partial charge in [-0.25, -0.2) is 0 Å². The van der Waals surface area contributed by atoms with Crippen LogP contribution in [0, 0.1) is 13.8 Å². The van der Waals surface area contributed by atoms with E-state index in [0.717, 1.165) is 16.9 Å². The summed E-state index contributed by atoms with van der Waals surface area (Å²) in [6.45, 7) is 4.21. The molecule has 0 aliphatic carbocycles. The predicted octanol–water partition coefficient (Wildman–Crippen LogP) is 1.74. The van der Waals surface area contributed by atoms with Crippen LogP contribution in [0.15, 0.2) is 30.3 Å². The number of aryl methyl sites for hydroxylation is 2. The van der Waals surface area contributed by atoms with Crippen LogP contribution in [0.25, 0.3) is 5.65 Å².